The molecule has 1 N–H and O–H groups in total. The lowest BCUT2D eigenvalue weighted by molar-refractivity contribution is -0.138. The summed E-state index contributed by atoms with van der Waals surface area (Å²) in [7, 11) is 0. The minimum atomic E-state index is -4.70. The molecule has 0 unspecified atom stereocenters. The van der Waals surface area contributed by atoms with Gasteiger partial charge in [0.15, 0.2) is 0 Å². The number of hydrogen-bond acceptors (Lipinski definition) is 6. The standard InChI is InChI=1S/C14H11BrF4N2O2.C11H8BrFN2O2/c1-7(2)23-12-5-11(10(16)4-9(12)15)21-13(22)3-8(6-20-21)14(17,18)19;1-6-2-11(17)15(14-5-6)9-4-10(16)7(12)3-8(9)13/h3-7H,1-2H3;2-5,16H,1H3. The van der Waals surface area contributed by atoms with Crippen LogP contribution in [0.2, 0.25) is 0 Å². The average molecular weight is 694 g/mol. The van der Waals surface area contributed by atoms with Gasteiger partial charge in [-0.1, -0.05) is 0 Å². The fraction of sp³-hybridized carbons (Fsp3) is 0.200. The summed E-state index contributed by atoms with van der Waals surface area (Å²) in [5, 5.41) is 16.7. The first-order valence-electron chi connectivity index (χ1n) is 11.2. The number of alkyl halides is 3. The zero-order chi connectivity index (χ0) is 29.9. The Hall–Kier alpha value is -3.59. The molecule has 2 aromatic carbocycles. The van der Waals surface area contributed by atoms with E-state index in [1.54, 1.807) is 20.8 Å². The zero-order valence-corrected chi connectivity index (χ0v) is 24.0. The number of ether oxygens (including phenoxy) is 1. The summed E-state index contributed by atoms with van der Waals surface area (Å²) in [6.45, 7) is 5.21. The molecule has 15 heteroatoms. The second-order valence-electron chi connectivity index (χ2n) is 8.43. The Bertz CT molecular complexity index is 1670. The number of phenols is 1. The van der Waals surface area contributed by atoms with Crippen LogP contribution in [0.5, 0.6) is 11.5 Å². The fourth-order valence-corrected chi connectivity index (χ4v) is 3.86. The molecule has 4 rings (SSSR count). The molecule has 0 spiro atoms. The van der Waals surface area contributed by atoms with E-state index in [-0.39, 0.29) is 33.5 Å². The van der Waals surface area contributed by atoms with Crippen LogP contribution >= 0.6 is 31.9 Å². The van der Waals surface area contributed by atoms with Gasteiger partial charge in [-0.15, -0.1) is 0 Å². The van der Waals surface area contributed by atoms with Crippen LogP contribution in [0.15, 0.2) is 67.3 Å². The minimum absolute atomic E-state index is 0.0873. The maximum absolute atomic E-state index is 14.1. The Labute approximate surface area is 239 Å². The predicted molar refractivity (Wildman–Crippen MR) is 142 cm³/mol. The van der Waals surface area contributed by atoms with Crippen LogP contribution in [0, 0.1) is 18.6 Å². The van der Waals surface area contributed by atoms with Crippen molar-refractivity contribution in [2.75, 3.05) is 0 Å². The average Bonchev–Trinajstić information content (AvgIpc) is 2.83. The summed E-state index contributed by atoms with van der Waals surface area (Å²) in [6, 6.07) is 6.17. The molecular formula is C25H19Br2F5N4O4. The summed E-state index contributed by atoms with van der Waals surface area (Å²) in [4.78, 5) is 23.5. The third kappa shape index (κ3) is 7.33. The molecule has 2 aromatic heterocycles. The van der Waals surface area contributed by atoms with Crippen molar-refractivity contribution in [2.24, 2.45) is 0 Å². The Morgan fingerprint density at radius 2 is 1.38 bits per heavy atom. The molecule has 0 aliphatic rings. The lowest BCUT2D eigenvalue weighted by atomic mass is 10.2. The fourth-order valence-electron chi connectivity index (χ4n) is 3.14. The summed E-state index contributed by atoms with van der Waals surface area (Å²) in [5.74, 6) is -1.39. The Kier molecular flexibility index (Phi) is 9.51. The monoisotopic (exact) mass is 692 g/mol. The number of aromatic hydroxyl groups is 1. The van der Waals surface area contributed by atoms with Crippen LogP contribution in [0.1, 0.15) is 25.0 Å². The molecule has 0 amide bonds. The van der Waals surface area contributed by atoms with Crippen molar-refractivity contribution < 1.29 is 31.8 Å². The van der Waals surface area contributed by atoms with Crippen molar-refractivity contribution >= 4 is 31.9 Å². The molecule has 0 radical (unpaired) electrons. The number of nitrogens with zero attached hydrogens (tertiary/aromatic N) is 4. The molecule has 0 bridgehead atoms. The number of hydrogen-bond donors (Lipinski definition) is 1. The van der Waals surface area contributed by atoms with Crippen molar-refractivity contribution in [1.29, 1.82) is 0 Å². The van der Waals surface area contributed by atoms with E-state index in [2.05, 4.69) is 42.1 Å². The van der Waals surface area contributed by atoms with Crippen LogP contribution in [0.25, 0.3) is 11.4 Å². The van der Waals surface area contributed by atoms with E-state index < -0.39 is 34.5 Å². The number of aromatic nitrogens is 4. The molecule has 2 heterocycles. The highest BCUT2D eigenvalue weighted by Gasteiger charge is 2.32. The van der Waals surface area contributed by atoms with E-state index in [0.717, 1.165) is 22.9 Å². The van der Waals surface area contributed by atoms with Gasteiger partial charge in [-0.2, -0.15) is 32.7 Å². The SMILES string of the molecule is CC(C)Oc1cc(-n2ncc(C(F)(F)F)cc2=O)c(F)cc1Br.Cc1cnn(-c2cc(O)c(Br)cc2F)c(=O)c1. The van der Waals surface area contributed by atoms with Gasteiger partial charge in [0.2, 0.25) is 0 Å². The molecule has 4 aromatic rings. The van der Waals surface area contributed by atoms with Crippen LogP contribution in [-0.2, 0) is 6.18 Å². The van der Waals surface area contributed by atoms with E-state index in [0.29, 0.717) is 27.0 Å². The maximum atomic E-state index is 14.1. The van der Waals surface area contributed by atoms with Crippen molar-refractivity contribution in [3.8, 4) is 22.9 Å². The van der Waals surface area contributed by atoms with E-state index in [4.69, 9.17) is 4.74 Å². The smallest absolute Gasteiger partial charge is 0.418 e. The van der Waals surface area contributed by atoms with E-state index >= 15 is 0 Å². The van der Waals surface area contributed by atoms with Crippen molar-refractivity contribution in [3.63, 3.8) is 0 Å². The van der Waals surface area contributed by atoms with Gasteiger partial charge < -0.3 is 9.84 Å². The summed E-state index contributed by atoms with van der Waals surface area (Å²) in [5.41, 5.74) is -2.46. The second kappa shape index (κ2) is 12.3. The molecule has 0 saturated carbocycles. The molecule has 0 fully saturated rings. The Morgan fingerprint density at radius 1 is 0.850 bits per heavy atom. The van der Waals surface area contributed by atoms with E-state index in [9.17, 15) is 36.6 Å². The molecule has 0 aliphatic carbocycles. The molecule has 8 nitrogen and oxygen atoms in total. The van der Waals surface area contributed by atoms with Gasteiger partial charge >= 0.3 is 6.18 Å². The quantitative estimate of drug-likeness (QED) is 0.260. The largest absolute Gasteiger partial charge is 0.507 e. The third-order valence-corrected chi connectivity index (χ3v) is 6.16. The highest BCUT2D eigenvalue weighted by atomic mass is 79.9. The van der Waals surface area contributed by atoms with Gasteiger partial charge in [0.1, 0.15) is 34.5 Å². The van der Waals surface area contributed by atoms with Crippen molar-refractivity contribution in [2.45, 2.75) is 33.1 Å². The summed E-state index contributed by atoms with van der Waals surface area (Å²) < 4.78 is 72.8. The number of phenolic OH excluding ortho intramolecular Hbond substituents is 1. The van der Waals surface area contributed by atoms with E-state index in [1.807, 2.05) is 0 Å². The van der Waals surface area contributed by atoms with Crippen LogP contribution < -0.4 is 15.9 Å². The van der Waals surface area contributed by atoms with Gasteiger partial charge in [0.25, 0.3) is 11.1 Å². The highest BCUT2D eigenvalue weighted by Crippen LogP contribution is 2.31. The van der Waals surface area contributed by atoms with Gasteiger partial charge in [0.05, 0.1) is 33.0 Å². The number of aryl methyl sites for hydroxylation is 1. The summed E-state index contributed by atoms with van der Waals surface area (Å²) in [6.07, 6.45) is -3.01. The molecular weight excluding hydrogens is 675 g/mol. The van der Waals surface area contributed by atoms with Crippen LogP contribution in [0.4, 0.5) is 22.0 Å². The highest BCUT2D eigenvalue weighted by molar-refractivity contribution is 9.10. The first-order valence-corrected chi connectivity index (χ1v) is 12.7. The van der Waals surface area contributed by atoms with Gasteiger partial charge in [-0.25, -0.2) is 8.78 Å². The van der Waals surface area contributed by atoms with Crippen LogP contribution in [-0.4, -0.2) is 30.8 Å². The number of halogens is 7. The lowest BCUT2D eigenvalue weighted by Gasteiger charge is -2.14. The van der Waals surface area contributed by atoms with Crippen molar-refractivity contribution in [3.05, 3.63) is 101 Å². The van der Waals surface area contributed by atoms with Gasteiger partial charge in [-0.3, -0.25) is 9.59 Å². The lowest BCUT2D eigenvalue weighted by Crippen LogP contribution is -2.24. The first-order chi connectivity index (χ1) is 18.6. The number of rotatable bonds is 4. The molecule has 0 saturated heterocycles. The Balaban J connectivity index is 0.000000230. The van der Waals surface area contributed by atoms with Crippen LogP contribution in [0.3, 0.4) is 0 Å². The third-order valence-electron chi connectivity index (χ3n) is 4.90. The van der Waals surface area contributed by atoms with Gasteiger partial charge in [-0.05, 0) is 70.3 Å². The zero-order valence-electron chi connectivity index (χ0n) is 20.8. The summed E-state index contributed by atoms with van der Waals surface area (Å²) >= 11 is 6.10. The van der Waals surface area contributed by atoms with Crippen molar-refractivity contribution in [1.82, 2.24) is 19.6 Å². The molecule has 212 valence electrons. The first kappa shape index (κ1) is 30.9. The maximum Gasteiger partial charge on any atom is 0.418 e. The molecule has 0 aliphatic heterocycles. The van der Waals surface area contributed by atoms with E-state index in [1.165, 1.54) is 18.3 Å². The second-order valence-corrected chi connectivity index (χ2v) is 10.1. The predicted octanol–water partition coefficient (Wildman–Crippen LogP) is 6.09. The molecule has 40 heavy (non-hydrogen) atoms. The number of benzene rings is 2. The Morgan fingerprint density at radius 3 is 1.90 bits per heavy atom. The topological polar surface area (TPSA) is 99.2 Å². The minimum Gasteiger partial charge on any atom is -0.507 e. The van der Waals surface area contributed by atoms with Gasteiger partial charge in [0, 0.05) is 24.3 Å². The normalized spacial score (nSPS) is 11.3. The molecule has 0 atom stereocenters.